The van der Waals surface area contributed by atoms with E-state index < -0.39 is 5.91 Å². The second kappa shape index (κ2) is 6.45. The van der Waals surface area contributed by atoms with Crippen LogP contribution in [0.1, 0.15) is 18.0 Å². The number of rotatable bonds is 4. The van der Waals surface area contributed by atoms with Crippen molar-refractivity contribution in [1.82, 2.24) is 9.47 Å². The van der Waals surface area contributed by atoms with Gasteiger partial charge in [0.25, 0.3) is 11.5 Å². The Morgan fingerprint density at radius 2 is 1.96 bits per heavy atom. The van der Waals surface area contributed by atoms with Gasteiger partial charge in [0.1, 0.15) is 0 Å². The van der Waals surface area contributed by atoms with E-state index in [1.165, 1.54) is 17.8 Å². The molecule has 6 nitrogen and oxygen atoms in total. The lowest BCUT2D eigenvalue weighted by molar-refractivity contribution is -0.114. The van der Waals surface area contributed by atoms with Gasteiger partial charge in [-0.1, -0.05) is 42.1 Å². The molecule has 1 unspecified atom stereocenters. The molecule has 1 atom stereocenters. The van der Waals surface area contributed by atoms with Crippen molar-refractivity contribution in [3.63, 3.8) is 0 Å². The molecule has 1 aromatic carbocycles. The molecule has 0 saturated heterocycles. The summed E-state index contributed by atoms with van der Waals surface area (Å²) < 4.78 is 1.56. The van der Waals surface area contributed by atoms with Crippen molar-refractivity contribution in [2.45, 2.75) is 19.0 Å². The molecule has 7 heteroatoms. The molecular formula is C17H18N4O2S. The average molecular weight is 342 g/mol. The van der Waals surface area contributed by atoms with Crippen LogP contribution in [0, 0.1) is 0 Å². The first kappa shape index (κ1) is 16.2. The number of primary amides is 1. The average Bonchev–Trinajstić information content (AvgIpc) is 2.86. The number of pyridine rings is 1. The Kier molecular flexibility index (Phi) is 4.35. The van der Waals surface area contributed by atoms with Crippen molar-refractivity contribution in [2.75, 3.05) is 5.73 Å². The first-order chi connectivity index (χ1) is 11.5. The van der Waals surface area contributed by atoms with Gasteiger partial charge in [-0.2, -0.15) is 0 Å². The molecule has 24 heavy (non-hydrogen) atoms. The number of anilines is 1. The smallest absolute Gasteiger partial charge is 0.257 e. The highest BCUT2D eigenvalue weighted by Gasteiger charge is 2.34. The molecule has 0 fully saturated rings. The number of allylic oxidation sites excluding steroid dienone is 1. The van der Waals surface area contributed by atoms with Crippen molar-refractivity contribution >= 4 is 23.4 Å². The maximum Gasteiger partial charge on any atom is 0.257 e. The van der Waals surface area contributed by atoms with E-state index in [9.17, 15) is 9.59 Å². The van der Waals surface area contributed by atoms with Crippen LogP contribution in [0.5, 0.6) is 0 Å². The highest BCUT2D eigenvalue weighted by Crippen LogP contribution is 2.44. The third kappa shape index (κ3) is 3.03. The van der Waals surface area contributed by atoms with E-state index in [0.717, 1.165) is 11.3 Å². The van der Waals surface area contributed by atoms with E-state index in [1.807, 2.05) is 42.2 Å². The molecule has 2 heterocycles. The Balaban J connectivity index is 2.01. The van der Waals surface area contributed by atoms with Crippen LogP contribution >= 0.6 is 11.8 Å². The molecule has 1 aromatic heterocycles. The number of hydrogen-bond acceptors (Lipinski definition) is 5. The summed E-state index contributed by atoms with van der Waals surface area (Å²) >= 11 is 1.28. The normalized spacial score (nSPS) is 17.4. The highest BCUT2D eigenvalue weighted by atomic mass is 32.2. The number of nitrogens with two attached hydrogens (primary N) is 2. The lowest BCUT2D eigenvalue weighted by Gasteiger charge is -2.29. The number of carbonyl (C=O) groups excluding carboxylic acids is 1. The van der Waals surface area contributed by atoms with Crippen LogP contribution < -0.4 is 17.0 Å². The summed E-state index contributed by atoms with van der Waals surface area (Å²) in [5, 5.41) is 0. The van der Waals surface area contributed by atoms with Gasteiger partial charge < -0.3 is 16.4 Å². The molecule has 124 valence electrons. The second-order valence-corrected chi connectivity index (χ2v) is 6.61. The summed E-state index contributed by atoms with van der Waals surface area (Å²) in [6.45, 7) is 2.41. The van der Waals surface area contributed by atoms with E-state index in [2.05, 4.69) is 0 Å². The fourth-order valence-corrected chi connectivity index (χ4v) is 3.92. The van der Waals surface area contributed by atoms with Gasteiger partial charge in [0, 0.05) is 30.2 Å². The van der Waals surface area contributed by atoms with Gasteiger partial charge in [-0.25, -0.2) is 0 Å². The first-order valence-corrected chi connectivity index (χ1v) is 8.31. The quantitative estimate of drug-likeness (QED) is 0.884. The highest BCUT2D eigenvalue weighted by molar-refractivity contribution is 8.04. The first-order valence-electron chi connectivity index (χ1n) is 7.43. The Hall–Kier alpha value is -2.67. The summed E-state index contributed by atoms with van der Waals surface area (Å²) in [5.74, 6) is -0.485. The molecule has 1 aliphatic heterocycles. The largest absolute Gasteiger partial charge is 0.399 e. The molecule has 0 spiro atoms. The zero-order valence-electron chi connectivity index (χ0n) is 13.2. The molecular weight excluding hydrogens is 324 g/mol. The van der Waals surface area contributed by atoms with Crippen LogP contribution in [-0.2, 0) is 11.3 Å². The number of benzene rings is 1. The molecule has 0 radical (unpaired) electrons. The number of carbonyl (C=O) groups is 1. The minimum atomic E-state index is -0.485. The monoisotopic (exact) mass is 342 g/mol. The van der Waals surface area contributed by atoms with Crippen LogP contribution in [-0.4, -0.2) is 15.4 Å². The fourth-order valence-electron chi connectivity index (χ4n) is 2.66. The molecule has 1 amide bonds. The molecule has 3 rings (SSSR count). The molecule has 1 aliphatic rings. The van der Waals surface area contributed by atoms with Crippen LogP contribution in [0.15, 0.2) is 64.1 Å². The number of nitrogen functional groups attached to an aromatic ring is 1. The molecule has 0 saturated carbocycles. The number of nitrogens with zero attached hydrogens (tertiary/aromatic N) is 2. The minimum Gasteiger partial charge on any atom is -0.399 e. The van der Waals surface area contributed by atoms with Crippen molar-refractivity contribution in [3.05, 3.63) is 75.2 Å². The predicted octanol–water partition coefficient (Wildman–Crippen LogP) is 1.85. The van der Waals surface area contributed by atoms with Crippen molar-refractivity contribution in [2.24, 2.45) is 5.73 Å². The lowest BCUT2D eigenvalue weighted by Crippen LogP contribution is -2.32. The Morgan fingerprint density at radius 1 is 1.25 bits per heavy atom. The Labute approximate surface area is 143 Å². The SMILES string of the molecule is CC1=C(C(N)=O)SC(n2ccc(N)cc2=O)N1Cc1ccccc1. The van der Waals surface area contributed by atoms with Crippen LogP contribution in [0.4, 0.5) is 5.69 Å². The van der Waals surface area contributed by atoms with Gasteiger partial charge in [-0.05, 0) is 18.6 Å². The van der Waals surface area contributed by atoms with Gasteiger partial charge in [0.05, 0.1) is 4.91 Å². The lowest BCUT2D eigenvalue weighted by atomic mass is 10.2. The topological polar surface area (TPSA) is 94.4 Å². The summed E-state index contributed by atoms with van der Waals surface area (Å²) in [6.07, 6.45) is 1.64. The van der Waals surface area contributed by atoms with Crippen molar-refractivity contribution in [3.8, 4) is 0 Å². The molecule has 4 N–H and O–H groups in total. The van der Waals surface area contributed by atoms with E-state index in [4.69, 9.17) is 11.5 Å². The Bertz CT molecular complexity index is 860. The number of aromatic nitrogens is 1. The molecule has 0 aliphatic carbocycles. The maximum absolute atomic E-state index is 12.3. The Morgan fingerprint density at radius 3 is 2.58 bits per heavy atom. The van der Waals surface area contributed by atoms with Crippen molar-refractivity contribution in [1.29, 1.82) is 0 Å². The second-order valence-electron chi connectivity index (χ2n) is 5.54. The van der Waals surface area contributed by atoms with Crippen LogP contribution in [0.25, 0.3) is 0 Å². The maximum atomic E-state index is 12.3. The number of amides is 1. The molecule has 2 aromatic rings. The van der Waals surface area contributed by atoms with Crippen molar-refractivity contribution < 1.29 is 4.79 Å². The number of thioether (sulfide) groups is 1. The van der Waals surface area contributed by atoms with Gasteiger partial charge in [-0.15, -0.1) is 0 Å². The van der Waals surface area contributed by atoms with Crippen LogP contribution in [0.2, 0.25) is 0 Å². The van der Waals surface area contributed by atoms with E-state index in [0.29, 0.717) is 17.1 Å². The molecule has 0 bridgehead atoms. The summed E-state index contributed by atoms with van der Waals surface area (Å²) in [6, 6.07) is 12.9. The summed E-state index contributed by atoms with van der Waals surface area (Å²) in [7, 11) is 0. The third-order valence-electron chi connectivity index (χ3n) is 3.88. The zero-order valence-corrected chi connectivity index (χ0v) is 14.0. The summed E-state index contributed by atoms with van der Waals surface area (Å²) in [5.41, 5.74) is 12.8. The van der Waals surface area contributed by atoms with Gasteiger partial charge in [0.2, 0.25) is 0 Å². The van der Waals surface area contributed by atoms with Crippen LogP contribution in [0.3, 0.4) is 0 Å². The number of hydrogen-bond donors (Lipinski definition) is 2. The summed E-state index contributed by atoms with van der Waals surface area (Å²) in [4.78, 5) is 26.5. The standard InChI is InChI=1S/C17H18N4O2S/c1-11-15(16(19)23)24-17(20-8-7-13(18)9-14(20)22)21(11)10-12-5-3-2-4-6-12/h2-9,17H,10,18H2,1H3,(H2,19,23). The van der Waals surface area contributed by atoms with Gasteiger partial charge >= 0.3 is 0 Å². The third-order valence-corrected chi connectivity index (χ3v) is 5.30. The zero-order chi connectivity index (χ0) is 17.3. The predicted molar refractivity (Wildman–Crippen MR) is 95.6 cm³/mol. The van der Waals surface area contributed by atoms with Gasteiger partial charge in [0.15, 0.2) is 5.50 Å². The van der Waals surface area contributed by atoms with E-state index >= 15 is 0 Å². The van der Waals surface area contributed by atoms with E-state index in [-0.39, 0.29) is 11.1 Å². The van der Waals surface area contributed by atoms with E-state index in [1.54, 1.807) is 16.8 Å². The fraction of sp³-hybridized carbons (Fsp3) is 0.176. The van der Waals surface area contributed by atoms with Gasteiger partial charge in [-0.3, -0.25) is 14.2 Å². The minimum absolute atomic E-state index is 0.218.